The lowest BCUT2D eigenvalue weighted by Crippen LogP contribution is -2.34. The number of halogens is 3. The van der Waals surface area contributed by atoms with Crippen molar-refractivity contribution in [3.05, 3.63) is 88.5 Å². The summed E-state index contributed by atoms with van der Waals surface area (Å²) in [4.78, 5) is 13.2. The average molecular weight is 489 g/mol. The maximum absolute atomic E-state index is 13.2. The van der Waals surface area contributed by atoms with Crippen molar-refractivity contribution in [3.63, 3.8) is 0 Å². The molecule has 1 amide bonds. The fraction of sp³-hybridized carbons (Fsp3) is 0.240. The largest absolute Gasteiger partial charge is 0.416 e. The summed E-state index contributed by atoms with van der Waals surface area (Å²) in [6, 6.07) is 15.1. The Morgan fingerprint density at radius 1 is 0.971 bits per heavy atom. The Morgan fingerprint density at radius 2 is 1.65 bits per heavy atom. The minimum absolute atomic E-state index is 0.223. The number of carbonyl (C=O) groups is 1. The van der Waals surface area contributed by atoms with E-state index in [-0.39, 0.29) is 11.9 Å². The molecule has 0 spiro atoms. The lowest BCUT2D eigenvalue weighted by molar-refractivity contribution is -0.137. The lowest BCUT2D eigenvalue weighted by Gasteiger charge is -2.15. The second-order valence-corrected chi connectivity index (χ2v) is 10.3. The van der Waals surface area contributed by atoms with E-state index in [9.17, 15) is 26.4 Å². The second-order valence-electron chi connectivity index (χ2n) is 8.51. The van der Waals surface area contributed by atoms with Gasteiger partial charge in [-0.2, -0.15) is 13.2 Å². The highest BCUT2D eigenvalue weighted by Gasteiger charge is 2.30. The molecule has 0 unspecified atom stereocenters. The normalized spacial score (nSPS) is 15.7. The third-order valence-corrected chi connectivity index (χ3v) is 6.56. The first-order valence-corrected chi connectivity index (χ1v) is 12.5. The molecule has 9 heteroatoms. The molecule has 3 aromatic rings. The number of hydrogen-bond acceptors (Lipinski definition) is 3. The number of aryl methyl sites for hydroxylation is 1. The predicted molar refractivity (Wildman–Crippen MR) is 125 cm³/mol. The molecule has 1 aliphatic carbocycles. The molecule has 5 nitrogen and oxygen atoms in total. The van der Waals surface area contributed by atoms with E-state index in [2.05, 4.69) is 10.0 Å². The number of nitrogens with one attached hydrogen (secondary N) is 2. The molecule has 0 heterocycles. The number of amides is 1. The Morgan fingerprint density at radius 3 is 2.29 bits per heavy atom. The zero-order chi connectivity index (χ0) is 24.7. The number of anilines is 1. The van der Waals surface area contributed by atoms with E-state index in [0.29, 0.717) is 35.2 Å². The van der Waals surface area contributed by atoms with Gasteiger partial charge in [-0.1, -0.05) is 30.3 Å². The van der Waals surface area contributed by atoms with Crippen LogP contribution in [-0.4, -0.2) is 26.6 Å². The molecule has 178 valence electrons. The van der Waals surface area contributed by atoms with Crippen LogP contribution in [0.2, 0.25) is 0 Å². The molecule has 0 aromatic heterocycles. The number of sulfonamides is 1. The molecule has 0 radical (unpaired) electrons. The van der Waals surface area contributed by atoms with E-state index < -0.39 is 21.8 Å². The highest BCUT2D eigenvalue weighted by Crippen LogP contribution is 2.33. The van der Waals surface area contributed by atoms with Gasteiger partial charge in [-0.15, -0.1) is 0 Å². The SMILES string of the molecule is Cc1cccc(C(=O)Nc2ccc3c(c2)C[C@@H](NS(C)(=O)=O)C3)c1-c1ccc(C(F)(F)F)cc1. The molecule has 0 aliphatic heterocycles. The minimum Gasteiger partial charge on any atom is -0.322 e. The highest BCUT2D eigenvalue weighted by atomic mass is 32.2. The van der Waals surface area contributed by atoms with Gasteiger partial charge in [-0.25, -0.2) is 13.1 Å². The topological polar surface area (TPSA) is 75.3 Å². The molecule has 0 fully saturated rings. The first-order valence-electron chi connectivity index (χ1n) is 10.6. The third-order valence-electron chi connectivity index (χ3n) is 5.80. The summed E-state index contributed by atoms with van der Waals surface area (Å²) in [6.07, 6.45) is -2.22. The summed E-state index contributed by atoms with van der Waals surface area (Å²) in [5, 5.41) is 2.87. The molecular formula is C25H23F3N2O3S. The summed E-state index contributed by atoms with van der Waals surface area (Å²) < 4.78 is 64.5. The van der Waals surface area contributed by atoms with Gasteiger partial charge < -0.3 is 5.32 Å². The Hall–Kier alpha value is -3.17. The average Bonchev–Trinajstić information content (AvgIpc) is 3.12. The van der Waals surface area contributed by atoms with Crippen LogP contribution in [0.4, 0.5) is 18.9 Å². The highest BCUT2D eigenvalue weighted by molar-refractivity contribution is 7.88. The first kappa shape index (κ1) is 24.0. The molecule has 1 aliphatic rings. The Labute approximate surface area is 196 Å². The van der Waals surface area contributed by atoms with Crippen molar-refractivity contribution in [2.24, 2.45) is 0 Å². The number of hydrogen-bond donors (Lipinski definition) is 2. The molecule has 34 heavy (non-hydrogen) atoms. The molecule has 2 N–H and O–H groups in total. The Bertz CT molecular complexity index is 1350. The minimum atomic E-state index is -4.44. The number of rotatable bonds is 5. The van der Waals surface area contributed by atoms with E-state index in [0.717, 1.165) is 35.1 Å². The smallest absolute Gasteiger partial charge is 0.322 e. The molecule has 1 atom stereocenters. The molecule has 4 rings (SSSR count). The standard InChI is InChI=1S/C25H23F3N2O3S/c1-15-4-3-5-22(23(15)16-6-9-19(10-7-16)25(26,27)28)24(31)29-20-11-8-17-12-21(14-18(17)13-20)30-34(2,32)33/h3-11,13,21,30H,12,14H2,1-2H3,(H,29,31)/t21-/m0/s1. The van der Waals surface area contributed by atoms with Gasteiger partial charge in [0.15, 0.2) is 0 Å². The van der Waals surface area contributed by atoms with E-state index in [4.69, 9.17) is 0 Å². The number of carbonyl (C=O) groups excluding carboxylic acids is 1. The van der Waals surface area contributed by atoms with Gasteiger partial charge in [-0.3, -0.25) is 4.79 Å². The Kier molecular flexibility index (Phi) is 6.26. The number of alkyl halides is 3. The number of fused-ring (bicyclic) bond motifs is 1. The van der Waals surface area contributed by atoms with E-state index >= 15 is 0 Å². The second kappa shape index (κ2) is 8.88. The van der Waals surface area contributed by atoms with Gasteiger partial charge in [0.05, 0.1) is 11.8 Å². The summed E-state index contributed by atoms with van der Waals surface area (Å²) in [6.45, 7) is 1.80. The number of benzene rings is 3. The van der Waals surface area contributed by atoms with Crippen molar-refractivity contribution >= 4 is 21.6 Å². The van der Waals surface area contributed by atoms with E-state index in [1.165, 1.54) is 12.1 Å². The lowest BCUT2D eigenvalue weighted by atomic mass is 9.93. The summed E-state index contributed by atoms with van der Waals surface area (Å²) in [5.41, 5.74) is 3.95. The van der Waals surface area contributed by atoms with Crippen molar-refractivity contribution in [3.8, 4) is 11.1 Å². The maximum Gasteiger partial charge on any atom is 0.416 e. The fourth-order valence-electron chi connectivity index (χ4n) is 4.35. The van der Waals surface area contributed by atoms with Crippen molar-refractivity contribution < 1.29 is 26.4 Å². The van der Waals surface area contributed by atoms with Crippen molar-refractivity contribution in [2.75, 3.05) is 11.6 Å². The van der Waals surface area contributed by atoms with Crippen LogP contribution in [0.1, 0.15) is 32.6 Å². The third kappa shape index (κ3) is 5.31. The van der Waals surface area contributed by atoms with Gasteiger partial charge in [-0.05, 0) is 77.9 Å². The fourth-order valence-corrected chi connectivity index (χ4v) is 5.12. The van der Waals surface area contributed by atoms with Crippen molar-refractivity contribution in [1.29, 1.82) is 0 Å². The van der Waals surface area contributed by atoms with Crippen LogP contribution in [0, 0.1) is 6.92 Å². The van der Waals surface area contributed by atoms with Crippen molar-refractivity contribution in [2.45, 2.75) is 32.0 Å². The van der Waals surface area contributed by atoms with Crippen LogP contribution in [-0.2, 0) is 29.0 Å². The van der Waals surface area contributed by atoms with E-state index in [1.54, 1.807) is 31.2 Å². The summed E-state index contributed by atoms with van der Waals surface area (Å²) >= 11 is 0. The van der Waals surface area contributed by atoms with Crippen LogP contribution in [0.25, 0.3) is 11.1 Å². The van der Waals surface area contributed by atoms with Crippen LogP contribution in [0.3, 0.4) is 0 Å². The molecule has 0 saturated heterocycles. The maximum atomic E-state index is 13.2. The van der Waals surface area contributed by atoms with E-state index in [1.807, 2.05) is 12.1 Å². The van der Waals surface area contributed by atoms with Crippen LogP contribution in [0.5, 0.6) is 0 Å². The molecule has 0 saturated carbocycles. The van der Waals surface area contributed by atoms with Gasteiger partial charge in [0.2, 0.25) is 10.0 Å². The zero-order valence-electron chi connectivity index (χ0n) is 18.5. The van der Waals surface area contributed by atoms with Crippen molar-refractivity contribution in [1.82, 2.24) is 4.72 Å². The monoisotopic (exact) mass is 488 g/mol. The predicted octanol–water partition coefficient (Wildman–Crippen LogP) is 4.95. The Balaban J connectivity index is 1.58. The molecular weight excluding hydrogens is 465 g/mol. The molecule has 0 bridgehead atoms. The van der Waals surface area contributed by atoms with Crippen LogP contribution >= 0.6 is 0 Å². The van der Waals surface area contributed by atoms with Gasteiger partial charge >= 0.3 is 6.18 Å². The van der Waals surface area contributed by atoms with Gasteiger partial charge in [0, 0.05) is 17.3 Å². The first-order chi connectivity index (χ1) is 15.9. The van der Waals surface area contributed by atoms with Crippen LogP contribution < -0.4 is 10.0 Å². The summed E-state index contributed by atoms with van der Waals surface area (Å²) in [5.74, 6) is -0.387. The molecule has 3 aromatic carbocycles. The van der Waals surface area contributed by atoms with Gasteiger partial charge in [0.25, 0.3) is 5.91 Å². The van der Waals surface area contributed by atoms with Gasteiger partial charge in [0.1, 0.15) is 0 Å². The van der Waals surface area contributed by atoms with Crippen LogP contribution in [0.15, 0.2) is 60.7 Å². The quantitative estimate of drug-likeness (QED) is 0.534. The zero-order valence-corrected chi connectivity index (χ0v) is 19.3. The summed E-state index contributed by atoms with van der Waals surface area (Å²) in [7, 11) is -3.32.